The van der Waals surface area contributed by atoms with Crippen LogP contribution in [0.2, 0.25) is 5.02 Å². The lowest BCUT2D eigenvalue weighted by atomic mass is 10.3. The van der Waals surface area contributed by atoms with E-state index in [4.69, 9.17) is 21.4 Å². The monoisotopic (exact) mass is 250 g/mol. The summed E-state index contributed by atoms with van der Waals surface area (Å²) in [6.45, 7) is 0. The Morgan fingerprint density at radius 1 is 1.35 bits per heavy atom. The number of carboxylic acid groups (broad SMARTS) is 1. The minimum Gasteiger partial charge on any atom is -0.476 e. The fraction of sp³-hybridized carbons (Fsp3) is 0. The molecule has 0 spiro atoms. The van der Waals surface area contributed by atoms with Crippen LogP contribution in [0.4, 0.5) is 0 Å². The lowest BCUT2D eigenvalue weighted by Gasteiger charge is -2.05. The van der Waals surface area contributed by atoms with Crippen molar-refractivity contribution in [2.24, 2.45) is 0 Å². The van der Waals surface area contributed by atoms with E-state index in [-0.39, 0.29) is 16.6 Å². The zero-order valence-electron chi connectivity index (χ0n) is 8.50. The Kier molecular flexibility index (Phi) is 3.20. The smallest absolute Gasteiger partial charge is 0.356 e. The molecule has 0 atom stereocenters. The zero-order chi connectivity index (χ0) is 12.3. The van der Waals surface area contributed by atoms with Crippen LogP contribution in [0.5, 0.6) is 11.6 Å². The summed E-state index contributed by atoms with van der Waals surface area (Å²) in [7, 11) is 0. The third-order valence-corrected chi connectivity index (χ3v) is 2.18. The van der Waals surface area contributed by atoms with Gasteiger partial charge in [-0.1, -0.05) is 11.6 Å². The van der Waals surface area contributed by atoms with Crippen LogP contribution in [0.1, 0.15) is 10.5 Å². The number of aromatic carboxylic acids is 1. The van der Waals surface area contributed by atoms with Crippen LogP contribution in [0, 0.1) is 0 Å². The molecule has 5 nitrogen and oxygen atoms in total. The molecule has 2 heterocycles. The van der Waals surface area contributed by atoms with Gasteiger partial charge in [0.15, 0.2) is 5.69 Å². The number of nitrogens with zero attached hydrogens (tertiary/aromatic N) is 2. The summed E-state index contributed by atoms with van der Waals surface area (Å²) < 4.78 is 5.33. The first kappa shape index (κ1) is 11.3. The van der Waals surface area contributed by atoms with Crippen molar-refractivity contribution in [2.75, 3.05) is 0 Å². The molecule has 0 fully saturated rings. The van der Waals surface area contributed by atoms with Crippen molar-refractivity contribution >= 4 is 17.6 Å². The van der Waals surface area contributed by atoms with Crippen molar-refractivity contribution in [1.29, 1.82) is 0 Å². The summed E-state index contributed by atoms with van der Waals surface area (Å²) in [6.07, 6.45) is 3.10. The van der Waals surface area contributed by atoms with Gasteiger partial charge < -0.3 is 9.84 Å². The SMILES string of the molecule is O=C(O)c1nc(Oc2cccnc2)ccc1Cl. The Labute approximate surface area is 102 Å². The zero-order valence-corrected chi connectivity index (χ0v) is 9.26. The third-order valence-electron chi connectivity index (χ3n) is 1.88. The maximum atomic E-state index is 10.8. The number of rotatable bonds is 3. The number of halogens is 1. The number of ether oxygens (including phenoxy) is 1. The first-order valence-corrected chi connectivity index (χ1v) is 5.02. The molecular weight excluding hydrogens is 244 g/mol. The van der Waals surface area contributed by atoms with Crippen molar-refractivity contribution in [3.8, 4) is 11.6 Å². The Bertz CT molecular complexity index is 546. The highest BCUT2D eigenvalue weighted by Crippen LogP contribution is 2.22. The highest BCUT2D eigenvalue weighted by Gasteiger charge is 2.12. The number of hydrogen-bond acceptors (Lipinski definition) is 4. The maximum Gasteiger partial charge on any atom is 0.356 e. The molecule has 0 aliphatic carbocycles. The van der Waals surface area contributed by atoms with E-state index in [2.05, 4.69) is 9.97 Å². The lowest BCUT2D eigenvalue weighted by molar-refractivity contribution is 0.0690. The quantitative estimate of drug-likeness (QED) is 0.907. The average molecular weight is 251 g/mol. The molecule has 6 heteroatoms. The highest BCUT2D eigenvalue weighted by atomic mass is 35.5. The summed E-state index contributed by atoms with van der Waals surface area (Å²) in [5.74, 6) is -0.579. The van der Waals surface area contributed by atoms with Crippen molar-refractivity contribution < 1.29 is 14.6 Å². The second kappa shape index (κ2) is 4.80. The Balaban J connectivity index is 2.29. The molecule has 2 aromatic rings. The van der Waals surface area contributed by atoms with Gasteiger partial charge in [-0.25, -0.2) is 9.78 Å². The average Bonchev–Trinajstić information content (AvgIpc) is 2.32. The molecule has 0 saturated heterocycles. The standard InChI is InChI=1S/C11H7ClN2O3/c12-8-3-4-9(14-10(8)11(15)16)17-7-2-1-5-13-6-7/h1-6H,(H,15,16). The Hall–Kier alpha value is -2.14. The van der Waals surface area contributed by atoms with Gasteiger partial charge in [-0.2, -0.15) is 0 Å². The van der Waals surface area contributed by atoms with E-state index in [9.17, 15) is 4.79 Å². The van der Waals surface area contributed by atoms with E-state index in [1.807, 2.05) is 0 Å². The second-order valence-electron chi connectivity index (χ2n) is 3.08. The molecule has 0 radical (unpaired) electrons. The molecule has 0 aliphatic rings. The molecular formula is C11H7ClN2O3. The molecule has 86 valence electrons. The highest BCUT2D eigenvalue weighted by molar-refractivity contribution is 6.33. The molecule has 0 aromatic carbocycles. The number of pyridine rings is 2. The van der Waals surface area contributed by atoms with Crippen LogP contribution < -0.4 is 4.74 Å². The molecule has 2 rings (SSSR count). The summed E-state index contributed by atoms with van der Waals surface area (Å²) in [6, 6.07) is 6.29. The lowest BCUT2D eigenvalue weighted by Crippen LogP contribution is -2.02. The number of hydrogen-bond donors (Lipinski definition) is 1. The minimum atomic E-state index is -1.20. The van der Waals surface area contributed by atoms with Crippen LogP contribution in [0.15, 0.2) is 36.7 Å². The summed E-state index contributed by atoms with van der Waals surface area (Å²) in [4.78, 5) is 18.5. The second-order valence-corrected chi connectivity index (χ2v) is 3.48. The van der Waals surface area contributed by atoms with E-state index in [1.165, 1.54) is 18.3 Å². The van der Waals surface area contributed by atoms with Crippen LogP contribution >= 0.6 is 11.6 Å². The molecule has 0 unspecified atom stereocenters. The molecule has 17 heavy (non-hydrogen) atoms. The molecule has 0 aliphatic heterocycles. The predicted octanol–water partition coefficient (Wildman–Crippen LogP) is 2.62. The first-order valence-electron chi connectivity index (χ1n) is 4.64. The third kappa shape index (κ3) is 2.70. The van der Waals surface area contributed by atoms with Gasteiger partial charge in [0.25, 0.3) is 0 Å². The normalized spacial score (nSPS) is 9.94. The van der Waals surface area contributed by atoms with E-state index >= 15 is 0 Å². The van der Waals surface area contributed by atoms with Gasteiger partial charge >= 0.3 is 5.97 Å². The molecule has 0 amide bonds. The summed E-state index contributed by atoms with van der Waals surface area (Å²) >= 11 is 5.68. The number of carbonyl (C=O) groups is 1. The van der Waals surface area contributed by atoms with Gasteiger partial charge in [0.05, 0.1) is 11.2 Å². The van der Waals surface area contributed by atoms with Gasteiger partial charge in [0.2, 0.25) is 5.88 Å². The van der Waals surface area contributed by atoms with Crippen LogP contribution in [0.25, 0.3) is 0 Å². The topological polar surface area (TPSA) is 72.3 Å². The van der Waals surface area contributed by atoms with E-state index in [1.54, 1.807) is 18.3 Å². The Morgan fingerprint density at radius 3 is 2.82 bits per heavy atom. The Morgan fingerprint density at radius 2 is 2.18 bits per heavy atom. The van der Waals surface area contributed by atoms with E-state index in [0.717, 1.165) is 0 Å². The first-order chi connectivity index (χ1) is 8.16. The van der Waals surface area contributed by atoms with Crippen molar-refractivity contribution in [1.82, 2.24) is 9.97 Å². The molecule has 2 aromatic heterocycles. The summed E-state index contributed by atoms with van der Waals surface area (Å²) in [5.41, 5.74) is -0.243. The van der Waals surface area contributed by atoms with Crippen LogP contribution in [0.3, 0.4) is 0 Å². The molecule has 0 saturated carbocycles. The number of carboxylic acids is 1. The summed E-state index contributed by atoms with van der Waals surface area (Å²) in [5, 5.41) is 8.91. The largest absolute Gasteiger partial charge is 0.476 e. The molecule has 1 N–H and O–H groups in total. The van der Waals surface area contributed by atoms with Gasteiger partial charge in [-0.3, -0.25) is 4.98 Å². The van der Waals surface area contributed by atoms with Crippen molar-refractivity contribution in [2.45, 2.75) is 0 Å². The molecule has 0 bridgehead atoms. The van der Waals surface area contributed by atoms with Gasteiger partial charge in [-0.05, 0) is 18.2 Å². The minimum absolute atomic E-state index is 0.0658. The fourth-order valence-corrected chi connectivity index (χ4v) is 1.35. The van der Waals surface area contributed by atoms with Crippen LogP contribution in [-0.2, 0) is 0 Å². The fourth-order valence-electron chi connectivity index (χ4n) is 1.16. The maximum absolute atomic E-state index is 10.8. The van der Waals surface area contributed by atoms with Gasteiger partial charge in [0.1, 0.15) is 5.75 Å². The van der Waals surface area contributed by atoms with Gasteiger partial charge in [-0.15, -0.1) is 0 Å². The predicted molar refractivity (Wildman–Crippen MR) is 60.5 cm³/mol. The van der Waals surface area contributed by atoms with Crippen molar-refractivity contribution in [3.63, 3.8) is 0 Å². The van der Waals surface area contributed by atoms with Crippen molar-refractivity contribution in [3.05, 3.63) is 47.4 Å². The number of aromatic nitrogens is 2. The van der Waals surface area contributed by atoms with Gasteiger partial charge in [0, 0.05) is 12.3 Å². The van der Waals surface area contributed by atoms with E-state index in [0.29, 0.717) is 5.75 Å². The van der Waals surface area contributed by atoms with E-state index < -0.39 is 5.97 Å². The van der Waals surface area contributed by atoms with Crippen LogP contribution in [-0.4, -0.2) is 21.0 Å².